The zero-order valence-electron chi connectivity index (χ0n) is 3.09. The first kappa shape index (κ1) is 5.56. The molecule has 1 radical (unpaired) electrons. The number of allylic oxidation sites excluding steroid dienone is 1. The maximum Gasteiger partial charge on any atom is 0.132 e. The van der Waals surface area contributed by atoms with Crippen molar-refractivity contribution in [2.75, 3.05) is 0 Å². The molecular weight excluding hydrogens is 98.1 g/mol. The van der Waals surface area contributed by atoms with Gasteiger partial charge in [0.1, 0.15) is 6.21 Å². The molecule has 33 valence electrons. The number of hydrogen-bond acceptors (Lipinski definition) is 3. The fourth-order valence-corrected chi connectivity index (χ4v) is 0.108. The van der Waals surface area contributed by atoms with Crippen LogP contribution in [0.25, 0.3) is 0 Å². The molecule has 0 aromatic heterocycles. The molecule has 0 heterocycles. The molecular formula is C3H4NOS. The van der Waals surface area contributed by atoms with Crippen LogP contribution in [0.15, 0.2) is 17.8 Å². The van der Waals surface area contributed by atoms with E-state index < -0.39 is 0 Å². The molecule has 0 N–H and O–H groups in total. The van der Waals surface area contributed by atoms with Crippen LogP contribution in [0.1, 0.15) is 0 Å². The van der Waals surface area contributed by atoms with Gasteiger partial charge >= 0.3 is 0 Å². The normalized spacial score (nSPS) is 8.83. The second-order valence-corrected chi connectivity index (χ2v) is 0.669. The van der Waals surface area contributed by atoms with Gasteiger partial charge in [-0.15, -0.1) is 0 Å². The van der Waals surface area contributed by atoms with E-state index in [1.54, 1.807) is 0 Å². The SMILES string of the molecule is C=C/[C]=N/OS. The molecule has 0 aliphatic rings. The third-order valence-corrected chi connectivity index (χ3v) is 0.266. The van der Waals surface area contributed by atoms with Crippen LogP contribution < -0.4 is 0 Å². The van der Waals surface area contributed by atoms with Crippen molar-refractivity contribution < 1.29 is 4.28 Å². The summed E-state index contributed by atoms with van der Waals surface area (Å²) in [4.78, 5) is 0. The van der Waals surface area contributed by atoms with Gasteiger partial charge in [-0.1, -0.05) is 11.7 Å². The van der Waals surface area contributed by atoms with Crippen molar-refractivity contribution in [3.8, 4) is 0 Å². The Morgan fingerprint density at radius 3 is 2.83 bits per heavy atom. The first-order chi connectivity index (χ1) is 2.91. The highest BCUT2D eigenvalue weighted by Crippen LogP contribution is 1.73. The van der Waals surface area contributed by atoms with Gasteiger partial charge in [0.05, 0.1) is 12.9 Å². The fourth-order valence-electron chi connectivity index (χ4n) is 0.0608. The second kappa shape index (κ2) is 4.56. The highest BCUT2D eigenvalue weighted by molar-refractivity contribution is 7.75. The van der Waals surface area contributed by atoms with E-state index in [1.807, 2.05) is 0 Å². The Kier molecular flexibility index (Phi) is 4.23. The Balaban J connectivity index is 2.94. The van der Waals surface area contributed by atoms with Crippen LogP contribution in [0.2, 0.25) is 0 Å². The van der Waals surface area contributed by atoms with Crippen LogP contribution in [-0.2, 0) is 4.28 Å². The van der Waals surface area contributed by atoms with Gasteiger partial charge in [-0.2, -0.15) is 0 Å². The van der Waals surface area contributed by atoms with E-state index in [-0.39, 0.29) is 0 Å². The van der Waals surface area contributed by atoms with Crippen molar-refractivity contribution in [2.45, 2.75) is 0 Å². The van der Waals surface area contributed by atoms with Gasteiger partial charge in [-0.05, 0) is 6.08 Å². The van der Waals surface area contributed by atoms with Crippen molar-refractivity contribution in [1.82, 2.24) is 0 Å². The van der Waals surface area contributed by atoms with Crippen LogP contribution in [0, 0.1) is 0 Å². The Morgan fingerprint density at radius 2 is 2.67 bits per heavy atom. The first-order valence-corrected chi connectivity index (χ1v) is 1.65. The topological polar surface area (TPSA) is 21.6 Å². The van der Waals surface area contributed by atoms with Crippen molar-refractivity contribution in [3.05, 3.63) is 12.7 Å². The molecule has 0 atom stereocenters. The lowest BCUT2D eigenvalue weighted by atomic mass is 10.7. The van der Waals surface area contributed by atoms with Crippen molar-refractivity contribution in [2.24, 2.45) is 5.16 Å². The molecule has 0 amide bonds. The average Bonchev–Trinajstić information content (AvgIpc) is 1.61. The minimum absolute atomic E-state index is 1.37. The molecule has 0 aliphatic carbocycles. The zero-order valence-corrected chi connectivity index (χ0v) is 3.98. The maximum absolute atomic E-state index is 3.92. The molecule has 0 saturated carbocycles. The number of rotatable bonds is 2. The Morgan fingerprint density at radius 1 is 2.00 bits per heavy atom. The van der Waals surface area contributed by atoms with Gasteiger partial charge < -0.3 is 4.28 Å². The summed E-state index contributed by atoms with van der Waals surface area (Å²) in [6, 6.07) is 0. The molecule has 0 aromatic rings. The molecule has 0 fully saturated rings. The van der Waals surface area contributed by atoms with Crippen molar-refractivity contribution in [1.29, 1.82) is 0 Å². The van der Waals surface area contributed by atoms with E-state index in [4.69, 9.17) is 0 Å². The lowest BCUT2D eigenvalue weighted by Gasteiger charge is -1.72. The Bertz CT molecular complexity index is 61.8. The van der Waals surface area contributed by atoms with E-state index in [0.717, 1.165) is 0 Å². The number of nitrogens with zero attached hydrogens (tertiary/aromatic N) is 1. The Hall–Kier alpha value is -0.440. The average molecular weight is 102 g/mol. The van der Waals surface area contributed by atoms with Crippen LogP contribution in [0.3, 0.4) is 0 Å². The van der Waals surface area contributed by atoms with Crippen LogP contribution in [0.5, 0.6) is 0 Å². The van der Waals surface area contributed by atoms with Gasteiger partial charge in [-0.3, -0.25) is 0 Å². The molecule has 0 bridgehead atoms. The summed E-state index contributed by atoms with van der Waals surface area (Å²) in [5.41, 5.74) is 0. The minimum Gasteiger partial charge on any atom is -0.325 e. The van der Waals surface area contributed by atoms with E-state index >= 15 is 0 Å². The largest absolute Gasteiger partial charge is 0.325 e. The maximum atomic E-state index is 3.92. The van der Waals surface area contributed by atoms with Gasteiger partial charge in [0, 0.05) is 0 Å². The lowest BCUT2D eigenvalue weighted by molar-refractivity contribution is 0.418. The predicted octanol–water partition coefficient (Wildman–Crippen LogP) is 0.897. The van der Waals surface area contributed by atoms with E-state index in [2.05, 4.69) is 35.1 Å². The smallest absolute Gasteiger partial charge is 0.132 e. The number of hydrogen-bond donors (Lipinski definition) is 1. The monoisotopic (exact) mass is 102 g/mol. The highest BCUT2D eigenvalue weighted by Gasteiger charge is 1.55. The molecule has 3 heteroatoms. The highest BCUT2D eigenvalue weighted by atomic mass is 32.1. The molecule has 0 spiro atoms. The number of thiol groups is 1. The molecule has 0 rings (SSSR count). The second-order valence-electron chi connectivity index (χ2n) is 0.506. The summed E-state index contributed by atoms with van der Waals surface area (Å²) in [7, 11) is 0. The third-order valence-electron chi connectivity index (χ3n) is 0.185. The van der Waals surface area contributed by atoms with Crippen LogP contribution in [0.4, 0.5) is 0 Å². The lowest BCUT2D eigenvalue weighted by Crippen LogP contribution is -1.58. The quantitative estimate of drug-likeness (QED) is 0.238. The van der Waals surface area contributed by atoms with Crippen molar-refractivity contribution >= 4 is 19.1 Å². The first-order valence-electron chi connectivity index (χ1n) is 1.29. The van der Waals surface area contributed by atoms with Gasteiger partial charge in [0.15, 0.2) is 0 Å². The summed E-state index contributed by atoms with van der Waals surface area (Å²) in [5.74, 6) is 0. The minimum atomic E-state index is 1.37. The summed E-state index contributed by atoms with van der Waals surface area (Å²) in [6.45, 7) is 3.28. The molecule has 2 nitrogen and oxygen atoms in total. The molecule has 0 aromatic carbocycles. The molecule has 0 saturated heterocycles. The molecule has 0 unspecified atom stereocenters. The standard InChI is InChI=1S/C3H4NOS/c1-2-3-4-5-6/h2,6H,1H2. The Labute approximate surface area is 42.1 Å². The summed E-state index contributed by atoms with van der Waals surface area (Å²) in [5, 5.41) is 3.09. The zero-order chi connectivity index (χ0) is 4.83. The fraction of sp³-hybridized carbons (Fsp3) is 0. The summed E-state index contributed by atoms with van der Waals surface area (Å²) < 4.78 is 3.92. The van der Waals surface area contributed by atoms with E-state index in [1.165, 1.54) is 6.08 Å². The van der Waals surface area contributed by atoms with Crippen LogP contribution >= 0.6 is 12.9 Å². The van der Waals surface area contributed by atoms with Crippen LogP contribution in [-0.4, -0.2) is 6.21 Å². The van der Waals surface area contributed by atoms with Gasteiger partial charge in [0.25, 0.3) is 0 Å². The van der Waals surface area contributed by atoms with Gasteiger partial charge in [0.2, 0.25) is 0 Å². The molecule has 6 heavy (non-hydrogen) atoms. The summed E-state index contributed by atoms with van der Waals surface area (Å²) >= 11 is 3.28. The van der Waals surface area contributed by atoms with Gasteiger partial charge in [-0.25, -0.2) is 0 Å². The van der Waals surface area contributed by atoms with E-state index in [9.17, 15) is 0 Å². The third kappa shape index (κ3) is 3.56. The van der Waals surface area contributed by atoms with E-state index in [0.29, 0.717) is 0 Å². The summed E-state index contributed by atoms with van der Waals surface area (Å²) in [6.07, 6.45) is 3.66. The predicted molar refractivity (Wildman–Crippen MR) is 27.7 cm³/mol. The molecule has 0 aliphatic heterocycles. The van der Waals surface area contributed by atoms with Crippen molar-refractivity contribution in [3.63, 3.8) is 0 Å².